The molecule has 0 aliphatic rings. The third-order valence-corrected chi connectivity index (χ3v) is 3.56. The number of hydrogen-bond acceptors (Lipinski definition) is 4. The lowest BCUT2D eigenvalue weighted by Crippen LogP contribution is -2.06. The first-order valence-corrected chi connectivity index (χ1v) is 7.99. The van der Waals surface area contributed by atoms with Crippen molar-refractivity contribution >= 4 is 22.3 Å². The lowest BCUT2D eigenvalue weighted by atomic mass is 10.1. The molecule has 0 bridgehead atoms. The zero-order chi connectivity index (χ0) is 17.1. The lowest BCUT2D eigenvalue weighted by molar-refractivity contribution is -0.137. The first-order chi connectivity index (χ1) is 10.6. The molecule has 9 heteroatoms. The predicted molar refractivity (Wildman–Crippen MR) is 77.0 cm³/mol. The number of benzene rings is 1. The van der Waals surface area contributed by atoms with Crippen molar-refractivity contribution in [1.82, 2.24) is 4.98 Å². The number of oxazole rings is 1. The van der Waals surface area contributed by atoms with E-state index in [1.165, 1.54) is 30.5 Å². The Morgan fingerprint density at radius 1 is 1.17 bits per heavy atom. The second-order valence-electron chi connectivity index (χ2n) is 4.67. The van der Waals surface area contributed by atoms with Crippen molar-refractivity contribution in [2.45, 2.75) is 12.6 Å². The maximum atomic E-state index is 12.4. The Bertz CT molecular complexity index is 792. The van der Waals surface area contributed by atoms with Crippen LogP contribution in [0.5, 0.6) is 0 Å². The van der Waals surface area contributed by atoms with Crippen molar-refractivity contribution in [2.24, 2.45) is 0 Å². The topological polar surface area (TPSA) is 80.4 Å². The molecule has 0 aliphatic carbocycles. The maximum Gasteiger partial charge on any atom is 0.416 e. The van der Waals surface area contributed by atoms with Crippen molar-refractivity contribution in [3.63, 3.8) is 0 Å². The number of alkyl halides is 3. The van der Waals surface area contributed by atoms with Crippen LogP contribution in [0.25, 0.3) is 12.2 Å². The van der Waals surface area contributed by atoms with Crippen LogP contribution in [0, 0.1) is 0 Å². The monoisotopic (exact) mass is 347 g/mol. The number of rotatable bonds is 5. The molecule has 0 atom stereocenters. The third kappa shape index (κ3) is 5.53. The molecule has 0 fully saturated rings. The van der Waals surface area contributed by atoms with Crippen molar-refractivity contribution < 1.29 is 30.6 Å². The Labute approximate surface area is 130 Å². The van der Waals surface area contributed by atoms with Gasteiger partial charge in [0.1, 0.15) is 6.26 Å². The Hall–Kier alpha value is -2.13. The van der Waals surface area contributed by atoms with Gasteiger partial charge in [-0.3, -0.25) is 4.55 Å². The number of halogens is 3. The molecule has 1 N–H and O–H groups in total. The summed E-state index contributed by atoms with van der Waals surface area (Å²) in [4.78, 5) is 3.98. The average Bonchev–Trinajstić information content (AvgIpc) is 2.90. The minimum Gasteiger partial charge on any atom is -0.445 e. The van der Waals surface area contributed by atoms with E-state index in [1.54, 1.807) is 0 Å². The van der Waals surface area contributed by atoms with Crippen LogP contribution in [0.1, 0.15) is 22.7 Å². The van der Waals surface area contributed by atoms with E-state index in [4.69, 9.17) is 8.97 Å². The molecule has 0 saturated carbocycles. The van der Waals surface area contributed by atoms with E-state index >= 15 is 0 Å². The number of aromatic nitrogens is 1. The van der Waals surface area contributed by atoms with Gasteiger partial charge in [-0.15, -0.1) is 0 Å². The molecule has 1 aromatic carbocycles. The third-order valence-electron chi connectivity index (χ3n) is 2.84. The van der Waals surface area contributed by atoms with Crippen molar-refractivity contribution in [2.75, 3.05) is 5.75 Å². The summed E-state index contributed by atoms with van der Waals surface area (Å²) < 4.78 is 72.2. The fourth-order valence-corrected chi connectivity index (χ4v) is 2.17. The Balaban J connectivity index is 2.02. The molecular weight excluding hydrogens is 335 g/mol. The molecule has 124 valence electrons. The van der Waals surface area contributed by atoms with Gasteiger partial charge < -0.3 is 4.42 Å². The molecule has 0 amide bonds. The van der Waals surface area contributed by atoms with E-state index in [0.717, 1.165) is 12.1 Å². The molecule has 2 aromatic rings. The highest BCUT2D eigenvalue weighted by molar-refractivity contribution is 7.85. The summed E-state index contributed by atoms with van der Waals surface area (Å²) in [5.74, 6) is -0.294. The molecule has 0 radical (unpaired) electrons. The molecule has 1 heterocycles. The standard InChI is InChI=1S/C14H12F3NO4S/c15-14(16,17)11-4-1-10(2-5-11)3-6-13-18-12(9-22-13)7-8-23(19,20)21/h1-6,9H,7-8H2,(H,19,20,21). The maximum absolute atomic E-state index is 12.4. The van der Waals surface area contributed by atoms with Gasteiger partial charge in [0.2, 0.25) is 5.89 Å². The highest BCUT2D eigenvalue weighted by Crippen LogP contribution is 2.29. The van der Waals surface area contributed by atoms with E-state index in [2.05, 4.69) is 4.98 Å². The largest absolute Gasteiger partial charge is 0.445 e. The van der Waals surface area contributed by atoms with E-state index in [-0.39, 0.29) is 12.3 Å². The zero-order valence-electron chi connectivity index (χ0n) is 11.6. The highest BCUT2D eigenvalue weighted by atomic mass is 32.2. The van der Waals surface area contributed by atoms with Crippen LogP contribution in [-0.2, 0) is 22.7 Å². The van der Waals surface area contributed by atoms with E-state index in [0.29, 0.717) is 11.3 Å². The van der Waals surface area contributed by atoms with Crippen LogP contribution >= 0.6 is 0 Å². The molecule has 2 rings (SSSR count). The summed E-state index contributed by atoms with van der Waals surface area (Å²) in [5, 5.41) is 0. The van der Waals surface area contributed by atoms with Gasteiger partial charge in [0.15, 0.2) is 0 Å². The highest BCUT2D eigenvalue weighted by Gasteiger charge is 2.29. The van der Waals surface area contributed by atoms with Gasteiger partial charge in [0, 0.05) is 12.5 Å². The summed E-state index contributed by atoms with van der Waals surface area (Å²) in [6.07, 6.45) is -0.182. The van der Waals surface area contributed by atoms with Crippen LogP contribution in [-0.4, -0.2) is 23.7 Å². The van der Waals surface area contributed by atoms with Gasteiger partial charge in [-0.1, -0.05) is 12.1 Å². The normalized spacial score (nSPS) is 12.9. The molecule has 23 heavy (non-hydrogen) atoms. The van der Waals surface area contributed by atoms with Gasteiger partial charge in [0.25, 0.3) is 10.1 Å². The second kappa shape index (κ2) is 6.55. The molecule has 0 unspecified atom stereocenters. The smallest absolute Gasteiger partial charge is 0.416 e. The summed E-state index contributed by atoms with van der Waals surface area (Å²) >= 11 is 0. The van der Waals surface area contributed by atoms with Crippen molar-refractivity contribution in [1.29, 1.82) is 0 Å². The minimum absolute atomic E-state index is 0.00352. The van der Waals surface area contributed by atoms with Gasteiger partial charge in [-0.05, 0) is 23.8 Å². The first-order valence-electron chi connectivity index (χ1n) is 6.38. The molecule has 0 spiro atoms. The van der Waals surface area contributed by atoms with Crippen LogP contribution in [0.4, 0.5) is 13.2 Å². The Morgan fingerprint density at radius 2 is 1.83 bits per heavy atom. The molecule has 5 nitrogen and oxygen atoms in total. The van der Waals surface area contributed by atoms with Gasteiger partial charge >= 0.3 is 6.18 Å². The first kappa shape index (κ1) is 17.2. The summed E-state index contributed by atoms with van der Waals surface area (Å²) in [7, 11) is -4.08. The number of aryl methyl sites for hydroxylation is 1. The quantitative estimate of drug-likeness (QED) is 0.840. The van der Waals surface area contributed by atoms with E-state index in [1.807, 2.05) is 0 Å². The summed E-state index contributed by atoms with van der Waals surface area (Å²) in [6.45, 7) is 0. The van der Waals surface area contributed by atoms with Gasteiger partial charge in [-0.2, -0.15) is 21.6 Å². The molecule has 0 aliphatic heterocycles. The summed E-state index contributed by atoms with van der Waals surface area (Å²) in [5.41, 5.74) is 0.128. The van der Waals surface area contributed by atoms with Crippen LogP contribution in [0.3, 0.4) is 0 Å². The summed E-state index contributed by atoms with van der Waals surface area (Å²) in [6, 6.07) is 4.54. The molecule has 1 aromatic heterocycles. The fourth-order valence-electron chi connectivity index (χ4n) is 1.70. The Morgan fingerprint density at radius 3 is 2.39 bits per heavy atom. The fraction of sp³-hybridized carbons (Fsp3) is 0.214. The van der Waals surface area contributed by atoms with E-state index < -0.39 is 27.6 Å². The average molecular weight is 347 g/mol. The van der Waals surface area contributed by atoms with Crippen molar-refractivity contribution in [3.05, 3.63) is 53.2 Å². The minimum atomic E-state index is -4.38. The second-order valence-corrected chi connectivity index (χ2v) is 6.24. The zero-order valence-corrected chi connectivity index (χ0v) is 12.4. The van der Waals surface area contributed by atoms with Crippen LogP contribution in [0.15, 0.2) is 34.9 Å². The SMILES string of the molecule is O=S(=O)(O)CCc1coc(C=Cc2ccc(C(F)(F)F)cc2)n1. The Kier molecular flexibility index (Phi) is 4.90. The predicted octanol–water partition coefficient (Wildman–Crippen LogP) is 3.29. The van der Waals surface area contributed by atoms with E-state index in [9.17, 15) is 21.6 Å². The van der Waals surface area contributed by atoms with Crippen LogP contribution < -0.4 is 0 Å². The number of hydrogen-bond donors (Lipinski definition) is 1. The lowest BCUT2D eigenvalue weighted by Gasteiger charge is -2.05. The van der Waals surface area contributed by atoms with Crippen molar-refractivity contribution in [3.8, 4) is 0 Å². The molecular formula is C14H12F3NO4S. The molecule has 0 saturated heterocycles. The van der Waals surface area contributed by atoms with Gasteiger partial charge in [-0.25, -0.2) is 4.98 Å². The van der Waals surface area contributed by atoms with Gasteiger partial charge in [0.05, 0.1) is 17.0 Å². The number of nitrogens with zero attached hydrogens (tertiary/aromatic N) is 1. The van der Waals surface area contributed by atoms with Crippen LogP contribution in [0.2, 0.25) is 0 Å².